The highest BCUT2D eigenvalue weighted by atomic mass is 19.1. The third kappa shape index (κ3) is 2.91. The number of carbonyl (C=O) groups is 1. The van der Waals surface area contributed by atoms with Gasteiger partial charge in [0, 0.05) is 23.7 Å². The normalized spacial score (nSPS) is 11.1. The molecule has 0 aliphatic rings. The maximum Gasteiger partial charge on any atom is 0.189 e. The number of hydrogen-bond donors (Lipinski definition) is 2. The summed E-state index contributed by atoms with van der Waals surface area (Å²) in [6, 6.07) is 10.1. The summed E-state index contributed by atoms with van der Waals surface area (Å²) in [4.78, 5) is 19.9. The highest BCUT2D eigenvalue weighted by molar-refractivity contribution is 5.97. The molecule has 6 nitrogen and oxygen atoms in total. The Bertz CT molecular complexity index is 1060. The van der Waals surface area contributed by atoms with Crippen LogP contribution in [0.25, 0.3) is 22.3 Å². The number of aromatic nitrogens is 5. The van der Waals surface area contributed by atoms with Crippen molar-refractivity contribution in [2.45, 2.75) is 13.3 Å². The Morgan fingerprint density at radius 2 is 1.96 bits per heavy atom. The number of hydrogen-bond acceptors (Lipinski definition) is 4. The molecule has 0 radical (unpaired) electrons. The molecule has 7 heteroatoms. The molecule has 4 rings (SSSR count). The fourth-order valence-corrected chi connectivity index (χ4v) is 2.76. The molecular formula is C18H14FN5O. The molecule has 0 fully saturated rings. The van der Waals surface area contributed by atoms with E-state index in [0.29, 0.717) is 17.0 Å². The van der Waals surface area contributed by atoms with Gasteiger partial charge in [0.15, 0.2) is 11.5 Å². The number of carbonyl (C=O) groups excluding carboxylic acids is 1. The maximum absolute atomic E-state index is 13.1. The van der Waals surface area contributed by atoms with Crippen LogP contribution in [0, 0.1) is 12.7 Å². The van der Waals surface area contributed by atoms with Crippen LogP contribution in [0.5, 0.6) is 0 Å². The smallest absolute Gasteiger partial charge is 0.189 e. The average Bonchev–Trinajstić information content (AvgIpc) is 3.21. The molecule has 0 atom stereocenters. The van der Waals surface area contributed by atoms with Crippen LogP contribution in [-0.4, -0.2) is 31.2 Å². The molecular weight excluding hydrogens is 321 g/mol. The third-order valence-corrected chi connectivity index (χ3v) is 4.03. The molecule has 4 aromatic rings. The van der Waals surface area contributed by atoms with E-state index in [1.807, 2.05) is 12.1 Å². The van der Waals surface area contributed by atoms with Crippen molar-refractivity contribution in [2.24, 2.45) is 0 Å². The van der Waals surface area contributed by atoms with Gasteiger partial charge in [-0.2, -0.15) is 15.4 Å². The van der Waals surface area contributed by atoms with Crippen molar-refractivity contribution < 1.29 is 9.18 Å². The number of aromatic amines is 2. The second-order valence-electron chi connectivity index (χ2n) is 5.83. The van der Waals surface area contributed by atoms with E-state index in [-0.39, 0.29) is 18.0 Å². The van der Waals surface area contributed by atoms with Crippen LogP contribution >= 0.6 is 0 Å². The largest absolute Gasteiger partial charge is 0.339 e. The van der Waals surface area contributed by atoms with Crippen molar-refractivity contribution in [3.8, 4) is 11.3 Å². The van der Waals surface area contributed by atoms with E-state index < -0.39 is 0 Å². The van der Waals surface area contributed by atoms with Gasteiger partial charge in [-0.1, -0.05) is 0 Å². The molecule has 0 spiro atoms. The van der Waals surface area contributed by atoms with Gasteiger partial charge in [0.05, 0.1) is 5.69 Å². The van der Waals surface area contributed by atoms with Crippen molar-refractivity contribution in [3.63, 3.8) is 0 Å². The number of H-pyrrole nitrogens is 2. The highest BCUT2D eigenvalue weighted by Crippen LogP contribution is 2.24. The fourth-order valence-electron chi connectivity index (χ4n) is 2.76. The summed E-state index contributed by atoms with van der Waals surface area (Å²) in [6.07, 6.45) is 1.87. The molecule has 124 valence electrons. The molecule has 0 bridgehead atoms. The lowest BCUT2D eigenvalue weighted by atomic mass is 10.1. The van der Waals surface area contributed by atoms with Gasteiger partial charge in [-0.05, 0) is 54.4 Å². The predicted molar refractivity (Wildman–Crippen MR) is 90.6 cm³/mol. The third-order valence-electron chi connectivity index (χ3n) is 4.03. The molecule has 1 aromatic carbocycles. The van der Waals surface area contributed by atoms with Gasteiger partial charge < -0.3 is 4.98 Å². The molecule has 0 aliphatic carbocycles. The van der Waals surface area contributed by atoms with Crippen molar-refractivity contribution >= 4 is 16.8 Å². The van der Waals surface area contributed by atoms with Gasteiger partial charge in [0.1, 0.15) is 11.5 Å². The van der Waals surface area contributed by atoms with Gasteiger partial charge in [0.2, 0.25) is 0 Å². The summed E-state index contributed by atoms with van der Waals surface area (Å²) >= 11 is 0. The lowest BCUT2D eigenvalue weighted by molar-refractivity contribution is 0.0987. The van der Waals surface area contributed by atoms with Crippen LogP contribution < -0.4 is 0 Å². The molecule has 0 unspecified atom stereocenters. The number of nitrogens with zero attached hydrogens (tertiary/aromatic N) is 3. The Labute approximate surface area is 142 Å². The summed E-state index contributed by atoms with van der Waals surface area (Å²) in [5.74, 6) is -0.386. The number of halogens is 1. The maximum atomic E-state index is 13.1. The molecule has 0 saturated carbocycles. The van der Waals surface area contributed by atoms with Gasteiger partial charge in [0.25, 0.3) is 0 Å². The zero-order chi connectivity index (χ0) is 17.4. The number of nitrogens with one attached hydrogen (secondary N) is 2. The van der Waals surface area contributed by atoms with Crippen LogP contribution in [0.4, 0.5) is 4.39 Å². The van der Waals surface area contributed by atoms with E-state index in [4.69, 9.17) is 0 Å². The first-order valence-corrected chi connectivity index (χ1v) is 7.74. The fraction of sp³-hybridized carbons (Fsp3) is 0.111. The Hall–Kier alpha value is -3.35. The highest BCUT2D eigenvalue weighted by Gasteiger charge is 2.15. The van der Waals surface area contributed by atoms with Crippen LogP contribution in [0.15, 0.2) is 42.6 Å². The summed E-state index contributed by atoms with van der Waals surface area (Å²) in [6.45, 7) is 1.74. The Morgan fingerprint density at radius 1 is 1.16 bits per heavy atom. The Kier molecular flexibility index (Phi) is 3.61. The van der Waals surface area contributed by atoms with Crippen molar-refractivity contribution in [1.29, 1.82) is 0 Å². The number of Topliss-reactive ketones (excluding diaryl/α,β-unsaturated/α-hetero) is 1. The molecule has 0 amide bonds. The second kappa shape index (κ2) is 5.94. The monoisotopic (exact) mass is 335 g/mol. The predicted octanol–water partition coefficient (Wildman–Crippen LogP) is 3.22. The zero-order valence-electron chi connectivity index (χ0n) is 13.4. The number of benzene rings is 1. The Balaban J connectivity index is 1.63. The van der Waals surface area contributed by atoms with Gasteiger partial charge in [-0.15, -0.1) is 0 Å². The molecule has 0 aliphatic heterocycles. The van der Waals surface area contributed by atoms with E-state index in [2.05, 4.69) is 25.4 Å². The van der Waals surface area contributed by atoms with E-state index in [9.17, 15) is 9.18 Å². The van der Waals surface area contributed by atoms with Gasteiger partial charge in [-0.3, -0.25) is 4.79 Å². The van der Waals surface area contributed by atoms with Crippen molar-refractivity contribution in [3.05, 3.63) is 65.4 Å². The van der Waals surface area contributed by atoms with Crippen LogP contribution in [0.3, 0.4) is 0 Å². The van der Waals surface area contributed by atoms with E-state index in [0.717, 1.165) is 22.2 Å². The molecule has 25 heavy (non-hydrogen) atoms. The molecule has 0 saturated heterocycles. The van der Waals surface area contributed by atoms with E-state index in [1.165, 1.54) is 12.1 Å². The lowest BCUT2D eigenvalue weighted by Gasteiger charge is -1.99. The summed E-state index contributed by atoms with van der Waals surface area (Å²) in [7, 11) is 0. The SMILES string of the molecule is Cc1n[nH]nc1C(=O)Cc1cnc2[nH]c(-c3ccc(F)cc3)cc2c1. The molecule has 2 N–H and O–H groups in total. The van der Waals surface area contributed by atoms with Crippen molar-refractivity contribution in [2.75, 3.05) is 0 Å². The minimum absolute atomic E-state index is 0.110. The van der Waals surface area contributed by atoms with E-state index >= 15 is 0 Å². The number of ketones is 1. The first-order valence-electron chi connectivity index (χ1n) is 7.74. The summed E-state index contributed by atoms with van der Waals surface area (Å²) in [5, 5.41) is 11.1. The topological polar surface area (TPSA) is 87.3 Å². The minimum atomic E-state index is -0.276. The zero-order valence-corrected chi connectivity index (χ0v) is 13.4. The van der Waals surface area contributed by atoms with Gasteiger partial charge in [-0.25, -0.2) is 9.37 Å². The quantitative estimate of drug-likeness (QED) is 0.561. The molecule has 3 aromatic heterocycles. The van der Waals surface area contributed by atoms with Crippen LogP contribution in [-0.2, 0) is 6.42 Å². The minimum Gasteiger partial charge on any atom is -0.339 e. The van der Waals surface area contributed by atoms with Gasteiger partial charge >= 0.3 is 0 Å². The van der Waals surface area contributed by atoms with E-state index in [1.54, 1.807) is 25.3 Å². The van der Waals surface area contributed by atoms with Crippen LogP contribution in [0.2, 0.25) is 0 Å². The average molecular weight is 335 g/mol. The summed E-state index contributed by atoms with van der Waals surface area (Å²) < 4.78 is 13.1. The second-order valence-corrected chi connectivity index (χ2v) is 5.83. The van der Waals surface area contributed by atoms with Crippen LogP contribution in [0.1, 0.15) is 21.7 Å². The number of rotatable bonds is 4. The van der Waals surface area contributed by atoms with Crippen molar-refractivity contribution in [1.82, 2.24) is 25.4 Å². The number of pyridine rings is 1. The number of fused-ring (bicyclic) bond motifs is 1. The standard InChI is InChI=1S/C18H14FN5O/c1-10-17(23-24-22-10)16(25)7-11-6-13-8-15(21-18(13)20-9-11)12-2-4-14(19)5-3-12/h2-6,8-9H,7H2,1H3,(H,20,21)(H,22,23,24). The molecule has 3 heterocycles. The summed E-state index contributed by atoms with van der Waals surface area (Å²) in [5.41, 5.74) is 4.16. The number of aryl methyl sites for hydroxylation is 1. The lowest BCUT2D eigenvalue weighted by Crippen LogP contribution is -2.06. The first-order chi connectivity index (χ1) is 12.1. The first kappa shape index (κ1) is 15.2. The Morgan fingerprint density at radius 3 is 2.68 bits per heavy atom.